The molecule has 1 unspecified atom stereocenters. The highest BCUT2D eigenvalue weighted by Crippen LogP contribution is 2.42. The van der Waals surface area contributed by atoms with E-state index in [0.717, 1.165) is 42.0 Å². The Morgan fingerprint density at radius 3 is 2.45 bits per heavy atom. The average molecular weight is 556 g/mol. The monoisotopic (exact) mass is 555 g/mol. The normalized spacial score (nSPS) is 16.0. The van der Waals surface area contributed by atoms with Crippen molar-refractivity contribution in [2.75, 3.05) is 39.1 Å². The van der Waals surface area contributed by atoms with Gasteiger partial charge in [0.05, 0.1) is 17.7 Å². The van der Waals surface area contributed by atoms with Gasteiger partial charge in [-0.25, -0.2) is 0 Å². The smallest absolute Gasteiger partial charge is 0.430 e. The van der Waals surface area contributed by atoms with E-state index in [2.05, 4.69) is 10.6 Å². The number of unbranched alkanes of at least 4 members (excludes halogenated alkanes) is 1. The zero-order chi connectivity index (χ0) is 27.9. The molecule has 2 aromatic carbocycles. The summed E-state index contributed by atoms with van der Waals surface area (Å²) in [4.78, 5) is 25.8. The number of carbonyl (C=O) groups excluding carboxylic acids is 2. The second kappa shape index (κ2) is 12.7. The zero-order valence-corrected chi connectivity index (χ0v) is 22.2. The number of methoxy groups -OCH3 is 1. The maximum atomic E-state index is 14.0. The molecule has 11 heteroatoms. The highest BCUT2D eigenvalue weighted by Gasteiger charge is 2.62. The number of carbonyl (C=O) groups is 2. The molecule has 2 amide bonds. The molecule has 0 spiro atoms. The van der Waals surface area contributed by atoms with Crippen molar-refractivity contribution in [3.63, 3.8) is 0 Å². The third-order valence-corrected chi connectivity index (χ3v) is 7.23. The van der Waals surface area contributed by atoms with Crippen molar-refractivity contribution in [3.8, 4) is 5.75 Å². The Bertz CT molecular complexity index is 1120. The number of aliphatic hydroxyl groups is 1. The molecule has 0 aliphatic carbocycles. The molecule has 3 N–H and O–H groups in total. The van der Waals surface area contributed by atoms with Crippen molar-refractivity contribution < 1.29 is 32.6 Å². The maximum Gasteiger partial charge on any atom is 0.430 e. The Labute approximate surface area is 225 Å². The predicted molar refractivity (Wildman–Crippen MR) is 139 cm³/mol. The van der Waals surface area contributed by atoms with Crippen molar-refractivity contribution in [2.24, 2.45) is 5.92 Å². The second-order valence-corrected chi connectivity index (χ2v) is 9.78. The number of rotatable bonds is 10. The highest BCUT2D eigenvalue weighted by atomic mass is 35.5. The van der Waals surface area contributed by atoms with Crippen molar-refractivity contribution in [2.45, 2.75) is 43.9 Å². The molecule has 1 heterocycles. The summed E-state index contributed by atoms with van der Waals surface area (Å²) in [7, 11) is 2.84. The first kappa shape index (κ1) is 29.6. The van der Waals surface area contributed by atoms with E-state index < -0.39 is 23.2 Å². The summed E-state index contributed by atoms with van der Waals surface area (Å²) in [5.74, 6) is -1.20. The molecule has 0 bridgehead atoms. The molecule has 1 aliphatic heterocycles. The van der Waals surface area contributed by atoms with Gasteiger partial charge in [0.1, 0.15) is 5.75 Å². The SMILES string of the molecule is CNC(=O)c1ccc(NCCCCC2CCN(C(=O)C(O)(c3cccc(OC)c3)C(F)(F)F)CC2)cc1Cl. The molecule has 2 aromatic rings. The van der Waals surface area contributed by atoms with E-state index in [1.54, 1.807) is 18.2 Å². The first-order valence-electron chi connectivity index (χ1n) is 12.5. The Hall–Kier alpha value is -2.98. The molecule has 1 aliphatic rings. The largest absolute Gasteiger partial charge is 0.497 e. The molecule has 0 radical (unpaired) electrons. The van der Waals surface area contributed by atoms with Gasteiger partial charge in [-0.2, -0.15) is 13.2 Å². The van der Waals surface area contributed by atoms with Gasteiger partial charge in [0, 0.05) is 37.9 Å². The van der Waals surface area contributed by atoms with E-state index in [1.165, 1.54) is 26.3 Å². The summed E-state index contributed by atoms with van der Waals surface area (Å²) >= 11 is 6.17. The molecule has 1 atom stereocenters. The van der Waals surface area contributed by atoms with Crippen LogP contribution < -0.4 is 15.4 Å². The van der Waals surface area contributed by atoms with Crippen LogP contribution in [0.5, 0.6) is 5.75 Å². The standard InChI is InChI=1S/C27H33ClF3N3O4/c1-32-24(35)22-10-9-20(17-23(22)28)33-13-4-3-6-18-11-14-34(15-12-18)25(36)26(37,27(29,30)31)19-7-5-8-21(16-19)38-2/h5,7-10,16-18,33,37H,3-4,6,11-15H2,1-2H3,(H,32,35). The Balaban J connectivity index is 1.48. The number of benzene rings is 2. The van der Waals surface area contributed by atoms with Gasteiger partial charge < -0.3 is 25.4 Å². The van der Waals surface area contributed by atoms with Crippen molar-refractivity contribution in [1.29, 1.82) is 0 Å². The third kappa shape index (κ3) is 6.71. The van der Waals surface area contributed by atoms with Gasteiger partial charge in [0.15, 0.2) is 0 Å². The fraction of sp³-hybridized carbons (Fsp3) is 0.481. The number of hydrogen-bond donors (Lipinski definition) is 3. The van der Waals surface area contributed by atoms with Gasteiger partial charge in [-0.3, -0.25) is 9.59 Å². The Morgan fingerprint density at radius 2 is 1.84 bits per heavy atom. The topological polar surface area (TPSA) is 90.9 Å². The first-order valence-corrected chi connectivity index (χ1v) is 12.9. The van der Waals surface area contributed by atoms with Crippen molar-refractivity contribution in [3.05, 3.63) is 58.6 Å². The molecule has 38 heavy (non-hydrogen) atoms. The van der Waals surface area contributed by atoms with Crippen LogP contribution in [0.4, 0.5) is 18.9 Å². The molecular formula is C27H33ClF3N3O4. The van der Waals surface area contributed by atoms with E-state index in [4.69, 9.17) is 16.3 Å². The van der Waals surface area contributed by atoms with Crippen LogP contribution in [0.3, 0.4) is 0 Å². The van der Waals surface area contributed by atoms with Crippen LogP contribution in [0.15, 0.2) is 42.5 Å². The van der Waals surface area contributed by atoms with E-state index in [9.17, 15) is 27.9 Å². The summed E-state index contributed by atoms with van der Waals surface area (Å²) in [6, 6.07) is 10.0. The minimum absolute atomic E-state index is 0.121. The van der Waals surface area contributed by atoms with Gasteiger partial charge in [0.25, 0.3) is 17.4 Å². The number of anilines is 1. The van der Waals surface area contributed by atoms with E-state index in [1.807, 2.05) is 0 Å². The number of ether oxygens (including phenoxy) is 1. The summed E-state index contributed by atoms with van der Waals surface area (Å²) in [5.41, 5.74) is -2.99. The molecule has 0 aromatic heterocycles. The van der Waals surface area contributed by atoms with Gasteiger partial charge in [-0.1, -0.05) is 36.6 Å². The lowest BCUT2D eigenvalue weighted by Crippen LogP contribution is -2.57. The van der Waals surface area contributed by atoms with Crippen LogP contribution >= 0.6 is 11.6 Å². The van der Waals surface area contributed by atoms with Gasteiger partial charge >= 0.3 is 6.18 Å². The number of amides is 2. The number of piperidine rings is 1. The summed E-state index contributed by atoms with van der Waals surface area (Å²) in [5, 5.41) is 16.9. The van der Waals surface area contributed by atoms with Gasteiger partial charge in [-0.05, 0) is 55.5 Å². The third-order valence-electron chi connectivity index (χ3n) is 6.92. The lowest BCUT2D eigenvalue weighted by molar-refractivity contribution is -0.262. The number of alkyl halides is 3. The van der Waals surface area contributed by atoms with Crippen LogP contribution in [0.25, 0.3) is 0 Å². The second-order valence-electron chi connectivity index (χ2n) is 9.37. The highest BCUT2D eigenvalue weighted by molar-refractivity contribution is 6.34. The van der Waals surface area contributed by atoms with Crippen LogP contribution in [0.2, 0.25) is 5.02 Å². The molecular weight excluding hydrogens is 523 g/mol. The quantitative estimate of drug-likeness (QED) is 0.360. The summed E-state index contributed by atoms with van der Waals surface area (Å²) < 4.78 is 47.0. The van der Waals surface area contributed by atoms with Crippen LogP contribution in [-0.2, 0) is 10.4 Å². The van der Waals surface area contributed by atoms with Crippen LogP contribution in [0.1, 0.15) is 48.0 Å². The summed E-state index contributed by atoms with van der Waals surface area (Å²) in [6.07, 6.45) is -1.38. The minimum Gasteiger partial charge on any atom is -0.497 e. The maximum absolute atomic E-state index is 14.0. The lowest BCUT2D eigenvalue weighted by atomic mass is 9.87. The molecule has 1 fully saturated rings. The predicted octanol–water partition coefficient (Wildman–Crippen LogP) is 4.98. The summed E-state index contributed by atoms with van der Waals surface area (Å²) in [6.45, 7) is 1.01. The van der Waals surface area contributed by atoms with Gasteiger partial charge in [0.2, 0.25) is 0 Å². The van der Waals surface area contributed by atoms with Crippen molar-refractivity contribution >= 4 is 29.1 Å². The molecule has 7 nitrogen and oxygen atoms in total. The lowest BCUT2D eigenvalue weighted by Gasteiger charge is -2.38. The number of halogens is 4. The van der Waals surface area contributed by atoms with Gasteiger partial charge in [-0.15, -0.1) is 0 Å². The first-order chi connectivity index (χ1) is 18.0. The molecule has 3 rings (SSSR count). The Kier molecular flexibility index (Phi) is 9.89. The number of nitrogens with zero attached hydrogens (tertiary/aromatic N) is 1. The minimum atomic E-state index is -5.19. The number of hydrogen-bond acceptors (Lipinski definition) is 5. The van der Waals surface area contributed by atoms with E-state index in [0.29, 0.717) is 30.0 Å². The zero-order valence-electron chi connectivity index (χ0n) is 21.4. The van der Waals surface area contributed by atoms with Crippen LogP contribution in [-0.4, -0.2) is 61.8 Å². The van der Waals surface area contributed by atoms with E-state index in [-0.39, 0.29) is 30.7 Å². The Morgan fingerprint density at radius 1 is 1.13 bits per heavy atom. The number of likely N-dealkylation sites (tertiary alicyclic amines) is 1. The van der Waals surface area contributed by atoms with E-state index >= 15 is 0 Å². The average Bonchev–Trinajstić information content (AvgIpc) is 2.91. The molecule has 208 valence electrons. The number of nitrogens with one attached hydrogen (secondary N) is 2. The fourth-order valence-electron chi connectivity index (χ4n) is 4.64. The molecule has 1 saturated heterocycles. The van der Waals surface area contributed by atoms with Crippen molar-refractivity contribution in [1.82, 2.24) is 10.2 Å². The van der Waals surface area contributed by atoms with Crippen LogP contribution in [0, 0.1) is 5.92 Å². The fourth-order valence-corrected chi connectivity index (χ4v) is 4.91. The molecule has 0 saturated carbocycles.